The fraction of sp³-hybridized carbons (Fsp3) is 0.353. The van der Waals surface area contributed by atoms with E-state index in [1.165, 1.54) is 15.6 Å². The molecule has 1 saturated heterocycles. The minimum Gasteiger partial charge on any atom is -0.321 e. The number of carbonyl (C=O) groups excluding carboxylic acids is 1. The number of rotatable bonds is 4. The van der Waals surface area contributed by atoms with Crippen LogP contribution < -0.4 is 9.62 Å². The Morgan fingerprint density at radius 3 is 2.54 bits per heavy atom. The number of thiophene rings is 1. The van der Waals surface area contributed by atoms with Crippen LogP contribution in [0.4, 0.5) is 11.4 Å². The van der Waals surface area contributed by atoms with Crippen molar-refractivity contribution in [1.29, 1.82) is 0 Å². The molecule has 0 radical (unpaired) electrons. The molecular weight excluding hydrogens is 344 g/mol. The molecule has 126 valence electrons. The maximum atomic E-state index is 12.5. The highest BCUT2D eigenvalue weighted by Gasteiger charge is 2.29. The first-order chi connectivity index (χ1) is 11.5. The number of anilines is 2. The number of nitrogens with zero attached hydrogens (tertiary/aromatic N) is 1. The molecule has 1 aliphatic carbocycles. The minimum absolute atomic E-state index is 0.0894. The summed E-state index contributed by atoms with van der Waals surface area (Å²) in [7, 11) is -3.17. The van der Waals surface area contributed by atoms with E-state index in [0.717, 1.165) is 23.3 Å². The van der Waals surface area contributed by atoms with Gasteiger partial charge in [-0.2, -0.15) is 0 Å². The lowest BCUT2D eigenvalue weighted by Gasteiger charge is -2.17. The van der Waals surface area contributed by atoms with Crippen molar-refractivity contribution in [3.63, 3.8) is 0 Å². The summed E-state index contributed by atoms with van der Waals surface area (Å²) < 4.78 is 25.3. The van der Waals surface area contributed by atoms with Gasteiger partial charge >= 0.3 is 0 Å². The van der Waals surface area contributed by atoms with Crippen LogP contribution in [0.5, 0.6) is 0 Å². The fourth-order valence-corrected chi connectivity index (χ4v) is 5.49. The molecule has 1 saturated carbocycles. The third-order valence-electron chi connectivity index (χ3n) is 4.43. The highest BCUT2D eigenvalue weighted by atomic mass is 32.2. The molecule has 1 N–H and O–H groups in total. The van der Waals surface area contributed by atoms with Crippen LogP contribution in [0.3, 0.4) is 0 Å². The van der Waals surface area contributed by atoms with Crippen molar-refractivity contribution in [2.24, 2.45) is 0 Å². The van der Waals surface area contributed by atoms with Gasteiger partial charge in [0.1, 0.15) is 0 Å². The lowest BCUT2D eigenvalue weighted by molar-refractivity contribution is 0.102. The first kappa shape index (κ1) is 15.7. The Labute approximate surface area is 145 Å². The van der Waals surface area contributed by atoms with Gasteiger partial charge < -0.3 is 5.32 Å². The molecule has 24 heavy (non-hydrogen) atoms. The van der Waals surface area contributed by atoms with E-state index in [-0.39, 0.29) is 11.7 Å². The molecule has 1 aliphatic heterocycles. The van der Waals surface area contributed by atoms with Crippen LogP contribution in [0.2, 0.25) is 0 Å². The normalized spacial score (nSPS) is 19.4. The van der Waals surface area contributed by atoms with Crippen LogP contribution in [-0.2, 0) is 10.0 Å². The number of carbonyl (C=O) groups is 1. The lowest BCUT2D eigenvalue weighted by Crippen LogP contribution is -2.24. The van der Waals surface area contributed by atoms with Crippen molar-refractivity contribution >= 4 is 38.6 Å². The van der Waals surface area contributed by atoms with E-state index in [1.54, 1.807) is 24.3 Å². The zero-order chi connectivity index (χ0) is 16.7. The molecule has 7 heteroatoms. The molecule has 1 amide bonds. The molecule has 2 aliphatic rings. The van der Waals surface area contributed by atoms with Gasteiger partial charge in [0.05, 0.1) is 16.3 Å². The number of amides is 1. The van der Waals surface area contributed by atoms with Gasteiger partial charge in [-0.1, -0.05) is 0 Å². The number of hydrogen-bond donors (Lipinski definition) is 1. The summed E-state index contributed by atoms with van der Waals surface area (Å²) in [6.07, 6.45) is 2.98. The van der Waals surface area contributed by atoms with E-state index in [0.29, 0.717) is 30.3 Å². The van der Waals surface area contributed by atoms with Gasteiger partial charge in [-0.25, -0.2) is 8.42 Å². The van der Waals surface area contributed by atoms with Crippen molar-refractivity contribution in [3.8, 4) is 0 Å². The first-order valence-electron chi connectivity index (χ1n) is 8.04. The average molecular weight is 362 g/mol. The summed E-state index contributed by atoms with van der Waals surface area (Å²) in [4.78, 5) is 13.2. The van der Waals surface area contributed by atoms with Crippen LogP contribution in [0.15, 0.2) is 35.7 Å². The lowest BCUT2D eigenvalue weighted by atomic mass is 10.1. The van der Waals surface area contributed by atoms with Gasteiger partial charge in [-0.3, -0.25) is 9.10 Å². The maximum absolute atomic E-state index is 12.5. The van der Waals surface area contributed by atoms with Crippen molar-refractivity contribution < 1.29 is 13.2 Å². The molecular formula is C17H18N2O3S2. The van der Waals surface area contributed by atoms with E-state index in [4.69, 9.17) is 0 Å². The second-order valence-electron chi connectivity index (χ2n) is 6.22. The van der Waals surface area contributed by atoms with Crippen molar-refractivity contribution in [2.45, 2.75) is 25.2 Å². The Morgan fingerprint density at radius 1 is 1.17 bits per heavy atom. The van der Waals surface area contributed by atoms with E-state index in [1.807, 2.05) is 11.4 Å². The smallest absolute Gasteiger partial charge is 0.266 e. The maximum Gasteiger partial charge on any atom is 0.266 e. The largest absolute Gasteiger partial charge is 0.321 e. The predicted molar refractivity (Wildman–Crippen MR) is 96.4 cm³/mol. The Kier molecular flexibility index (Phi) is 3.85. The van der Waals surface area contributed by atoms with Crippen LogP contribution in [-0.4, -0.2) is 26.6 Å². The van der Waals surface area contributed by atoms with Crippen molar-refractivity contribution in [2.75, 3.05) is 21.9 Å². The highest BCUT2D eigenvalue weighted by Crippen LogP contribution is 2.43. The standard InChI is InChI=1S/C17H18N2O3S2/c20-17(16-15(8-10-23-16)12-2-3-12)18-13-4-6-14(7-5-13)19-9-1-11-24(19,21)22/h4-8,10,12H,1-3,9,11H2,(H,18,20). The Morgan fingerprint density at radius 2 is 1.92 bits per heavy atom. The van der Waals surface area contributed by atoms with Gasteiger partial charge in [0.15, 0.2) is 0 Å². The summed E-state index contributed by atoms with van der Waals surface area (Å²) in [5.74, 6) is 0.654. The minimum atomic E-state index is -3.17. The van der Waals surface area contributed by atoms with Crippen LogP contribution in [0, 0.1) is 0 Å². The van der Waals surface area contributed by atoms with Crippen molar-refractivity contribution in [1.82, 2.24) is 0 Å². The zero-order valence-electron chi connectivity index (χ0n) is 13.1. The summed E-state index contributed by atoms with van der Waals surface area (Å²) >= 11 is 1.47. The van der Waals surface area contributed by atoms with Crippen LogP contribution in [0.1, 0.15) is 40.4 Å². The second kappa shape index (κ2) is 5.89. The van der Waals surface area contributed by atoms with Gasteiger partial charge in [-0.05, 0) is 66.5 Å². The number of benzene rings is 1. The van der Waals surface area contributed by atoms with E-state index >= 15 is 0 Å². The fourth-order valence-electron chi connectivity index (χ4n) is 3.05. The molecule has 2 aromatic rings. The van der Waals surface area contributed by atoms with Crippen LogP contribution >= 0.6 is 11.3 Å². The summed E-state index contributed by atoms with van der Waals surface area (Å²) in [5, 5.41) is 4.87. The van der Waals surface area contributed by atoms with Gasteiger partial charge in [0.2, 0.25) is 10.0 Å². The Bertz CT molecular complexity index is 867. The summed E-state index contributed by atoms with van der Waals surface area (Å²) in [6, 6.07) is 9.04. The molecule has 2 fully saturated rings. The zero-order valence-corrected chi connectivity index (χ0v) is 14.7. The molecule has 0 bridgehead atoms. The van der Waals surface area contributed by atoms with Gasteiger partial charge in [-0.15, -0.1) is 11.3 Å². The second-order valence-corrected chi connectivity index (χ2v) is 9.15. The third-order valence-corrected chi connectivity index (χ3v) is 7.23. The quantitative estimate of drug-likeness (QED) is 0.906. The Balaban J connectivity index is 1.49. The molecule has 4 rings (SSSR count). The third kappa shape index (κ3) is 2.93. The SMILES string of the molecule is O=C(Nc1ccc(N2CCCS2(=O)=O)cc1)c1sccc1C1CC1. The molecule has 0 atom stereocenters. The topological polar surface area (TPSA) is 66.5 Å². The predicted octanol–water partition coefficient (Wildman–Crippen LogP) is 3.42. The molecule has 5 nitrogen and oxygen atoms in total. The average Bonchev–Trinajstić information content (AvgIpc) is 3.17. The summed E-state index contributed by atoms with van der Waals surface area (Å²) in [6.45, 7) is 0.522. The van der Waals surface area contributed by atoms with E-state index < -0.39 is 10.0 Å². The summed E-state index contributed by atoms with van der Waals surface area (Å²) in [5.41, 5.74) is 2.48. The number of nitrogens with one attached hydrogen (secondary N) is 1. The number of hydrogen-bond acceptors (Lipinski definition) is 4. The molecule has 0 spiro atoms. The van der Waals surface area contributed by atoms with Crippen LogP contribution in [0.25, 0.3) is 0 Å². The molecule has 0 unspecified atom stereocenters. The van der Waals surface area contributed by atoms with E-state index in [2.05, 4.69) is 5.32 Å². The highest BCUT2D eigenvalue weighted by molar-refractivity contribution is 7.93. The van der Waals surface area contributed by atoms with Gasteiger partial charge in [0, 0.05) is 12.2 Å². The van der Waals surface area contributed by atoms with E-state index in [9.17, 15) is 13.2 Å². The van der Waals surface area contributed by atoms with Crippen molar-refractivity contribution in [3.05, 3.63) is 46.2 Å². The first-order valence-corrected chi connectivity index (χ1v) is 10.5. The molecule has 2 heterocycles. The van der Waals surface area contributed by atoms with Gasteiger partial charge in [0.25, 0.3) is 5.91 Å². The monoisotopic (exact) mass is 362 g/mol. The number of sulfonamides is 1. The molecule has 1 aromatic heterocycles. The molecule has 1 aromatic carbocycles. The Hall–Kier alpha value is -1.86.